The molecule has 0 spiro atoms. The van der Waals surface area contributed by atoms with E-state index in [1.54, 1.807) is 18.7 Å². The van der Waals surface area contributed by atoms with Crippen LogP contribution in [0.4, 0.5) is 0 Å². The van der Waals surface area contributed by atoms with Crippen LogP contribution in [0.15, 0.2) is 0 Å². The van der Waals surface area contributed by atoms with Gasteiger partial charge in [0.25, 0.3) is 0 Å². The highest BCUT2D eigenvalue weighted by molar-refractivity contribution is 7.99. The fourth-order valence-corrected chi connectivity index (χ4v) is 2.73. The summed E-state index contributed by atoms with van der Waals surface area (Å²) in [6, 6.07) is -0.244. The third kappa shape index (κ3) is 5.41. The predicted molar refractivity (Wildman–Crippen MR) is 67.7 cm³/mol. The molecule has 0 aliphatic carbocycles. The first-order valence-corrected chi connectivity index (χ1v) is 7.08. The number of carbonyl (C=O) groups excluding carboxylic acids is 2. The first-order valence-electron chi connectivity index (χ1n) is 5.92. The van der Waals surface area contributed by atoms with E-state index in [1.165, 1.54) is 0 Å². The Balaban J connectivity index is 2.03. The van der Waals surface area contributed by atoms with E-state index in [-0.39, 0.29) is 17.9 Å². The summed E-state index contributed by atoms with van der Waals surface area (Å²) >= 11 is 1.71. The standard InChI is InChI=1S/C11H20N2O3S/c1-2-16-11(15)9(12)5-6-17-7-8-3-4-10(14)13-8/h8-9H,2-7,12H2,1H3,(H,13,14). The third-order valence-electron chi connectivity index (χ3n) is 2.57. The zero-order valence-corrected chi connectivity index (χ0v) is 10.9. The smallest absolute Gasteiger partial charge is 0.322 e. The maximum atomic E-state index is 11.2. The Bertz CT molecular complexity index is 273. The monoisotopic (exact) mass is 260 g/mol. The SMILES string of the molecule is CCOC(=O)C(N)CCSCC1CCC(=O)N1. The molecule has 6 heteroatoms. The van der Waals surface area contributed by atoms with Crippen LogP contribution in [0.25, 0.3) is 0 Å². The number of hydrogen-bond donors (Lipinski definition) is 2. The van der Waals surface area contributed by atoms with Crippen LogP contribution >= 0.6 is 11.8 Å². The number of amides is 1. The average Bonchev–Trinajstić information content (AvgIpc) is 2.70. The molecule has 1 aliphatic heterocycles. The van der Waals surface area contributed by atoms with Crippen LogP contribution in [-0.2, 0) is 14.3 Å². The van der Waals surface area contributed by atoms with E-state index in [0.717, 1.165) is 17.9 Å². The van der Waals surface area contributed by atoms with Gasteiger partial charge in [-0.15, -0.1) is 0 Å². The lowest BCUT2D eigenvalue weighted by Gasteiger charge is -2.12. The van der Waals surface area contributed by atoms with Gasteiger partial charge in [0.05, 0.1) is 6.61 Å². The lowest BCUT2D eigenvalue weighted by Crippen LogP contribution is -2.33. The van der Waals surface area contributed by atoms with Gasteiger partial charge in [-0.2, -0.15) is 11.8 Å². The van der Waals surface area contributed by atoms with Crippen molar-refractivity contribution in [1.29, 1.82) is 0 Å². The number of thioether (sulfide) groups is 1. The van der Waals surface area contributed by atoms with Crippen molar-refractivity contribution in [1.82, 2.24) is 5.32 Å². The molecule has 2 unspecified atom stereocenters. The first kappa shape index (κ1) is 14.3. The summed E-state index contributed by atoms with van der Waals surface area (Å²) in [5.74, 6) is 1.51. The minimum absolute atomic E-state index is 0.138. The van der Waals surface area contributed by atoms with Crippen LogP contribution in [0, 0.1) is 0 Å². The number of nitrogens with two attached hydrogens (primary N) is 1. The zero-order chi connectivity index (χ0) is 12.7. The molecule has 2 atom stereocenters. The number of rotatable bonds is 7. The van der Waals surface area contributed by atoms with Crippen molar-refractivity contribution >= 4 is 23.6 Å². The van der Waals surface area contributed by atoms with E-state index < -0.39 is 6.04 Å². The third-order valence-corrected chi connectivity index (χ3v) is 3.73. The molecule has 0 aromatic carbocycles. The molecule has 1 amide bonds. The van der Waals surface area contributed by atoms with Gasteiger partial charge in [-0.3, -0.25) is 9.59 Å². The molecule has 98 valence electrons. The summed E-state index contributed by atoms with van der Waals surface area (Å²) in [5.41, 5.74) is 5.66. The highest BCUT2D eigenvalue weighted by Crippen LogP contribution is 2.14. The van der Waals surface area contributed by atoms with Crippen molar-refractivity contribution < 1.29 is 14.3 Å². The molecule has 1 rings (SSSR count). The molecule has 0 aromatic rings. The Hall–Kier alpha value is -0.750. The Labute approximate surface area is 106 Å². The molecule has 0 radical (unpaired) electrons. The Morgan fingerprint density at radius 3 is 3.06 bits per heavy atom. The zero-order valence-electron chi connectivity index (χ0n) is 10.1. The van der Waals surface area contributed by atoms with Crippen molar-refractivity contribution in [2.45, 2.75) is 38.3 Å². The number of nitrogens with one attached hydrogen (secondary N) is 1. The molecule has 5 nitrogen and oxygen atoms in total. The normalized spacial score (nSPS) is 21.1. The fraction of sp³-hybridized carbons (Fsp3) is 0.818. The predicted octanol–water partition coefficient (Wildman–Crippen LogP) is 0.279. The van der Waals surface area contributed by atoms with Crippen molar-refractivity contribution in [2.24, 2.45) is 5.73 Å². The summed E-state index contributed by atoms with van der Waals surface area (Å²) in [5, 5.41) is 2.90. The van der Waals surface area contributed by atoms with Gasteiger partial charge < -0.3 is 15.8 Å². The summed E-state index contributed by atoms with van der Waals surface area (Å²) in [7, 11) is 0. The lowest BCUT2D eigenvalue weighted by atomic mass is 10.2. The molecular weight excluding hydrogens is 240 g/mol. The number of hydrogen-bond acceptors (Lipinski definition) is 5. The van der Waals surface area contributed by atoms with Gasteiger partial charge >= 0.3 is 5.97 Å². The summed E-state index contributed by atoms with van der Waals surface area (Å²) in [6.07, 6.45) is 2.16. The second-order valence-electron chi connectivity index (χ2n) is 4.03. The molecule has 3 N–H and O–H groups in total. The highest BCUT2D eigenvalue weighted by Gasteiger charge is 2.20. The summed E-state index contributed by atoms with van der Waals surface area (Å²) < 4.78 is 4.82. The number of carbonyl (C=O) groups is 2. The van der Waals surface area contributed by atoms with E-state index in [9.17, 15) is 9.59 Å². The lowest BCUT2D eigenvalue weighted by molar-refractivity contribution is -0.144. The van der Waals surface area contributed by atoms with E-state index in [1.807, 2.05) is 0 Å². The molecular formula is C11H20N2O3S. The minimum atomic E-state index is -0.527. The van der Waals surface area contributed by atoms with E-state index in [4.69, 9.17) is 10.5 Å². The van der Waals surface area contributed by atoms with Crippen molar-refractivity contribution in [2.75, 3.05) is 18.1 Å². The maximum Gasteiger partial charge on any atom is 0.322 e. The minimum Gasteiger partial charge on any atom is -0.465 e. The van der Waals surface area contributed by atoms with Gasteiger partial charge in [-0.05, 0) is 25.5 Å². The Morgan fingerprint density at radius 2 is 2.47 bits per heavy atom. The summed E-state index contributed by atoms with van der Waals surface area (Å²) in [4.78, 5) is 22.2. The Morgan fingerprint density at radius 1 is 1.71 bits per heavy atom. The van der Waals surface area contributed by atoms with Gasteiger partial charge in [0, 0.05) is 18.2 Å². The van der Waals surface area contributed by atoms with Gasteiger partial charge in [-0.1, -0.05) is 0 Å². The molecule has 0 aromatic heterocycles. The van der Waals surface area contributed by atoms with Gasteiger partial charge in [-0.25, -0.2) is 0 Å². The van der Waals surface area contributed by atoms with Gasteiger partial charge in [0.2, 0.25) is 5.91 Å². The fourth-order valence-electron chi connectivity index (χ4n) is 1.61. The molecule has 17 heavy (non-hydrogen) atoms. The summed E-state index contributed by atoms with van der Waals surface area (Å²) in [6.45, 7) is 2.13. The van der Waals surface area contributed by atoms with Crippen molar-refractivity contribution in [3.8, 4) is 0 Å². The van der Waals surface area contributed by atoms with Crippen LogP contribution in [0.1, 0.15) is 26.2 Å². The maximum absolute atomic E-state index is 11.2. The van der Waals surface area contributed by atoms with Gasteiger partial charge in [0.15, 0.2) is 0 Å². The molecule has 0 bridgehead atoms. The molecule has 0 saturated carbocycles. The molecule has 1 aliphatic rings. The highest BCUT2D eigenvalue weighted by atomic mass is 32.2. The van der Waals surface area contributed by atoms with Crippen LogP contribution < -0.4 is 11.1 Å². The number of esters is 1. The molecule has 1 fully saturated rings. The molecule has 1 saturated heterocycles. The topological polar surface area (TPSA) is 81.4 Å². The average molecular weight is 260 g/mol. The van der Waals surface area contributed by atoms with Crippen molar-refractivity contribution in [3.63, 3.8) is 0 Å². The van der Waals surface area contributed by atoms with Crippen LogP contribution in [0.3, 0.4) is 0 Å². The van der Waals surface area contributed by atoms with Crippen molar-refractivity contribution in [3.05, 3.63) is 0 Å². The van der Waals surface area contributed by atoms with Crippen LogP contribution in [0.2, 0.25) is 0 Å². The molecule has 1 heterocycles. The second-order valence-corrected chi connectivity index (χ2v) is 5.18. The first-order chi connectivity index (χ1) is 8.13. The van der Waals surface area contributed by atoms with Gasteiger partial charge in [0.1, 0.15) is 6.04 Å². The Kier molecular flexibility index (Phi) is 6.36. The van der Waals surface area contributed by atoms with Crippen LogP contribution in [-0.4, -0.2) is 42.1 Å². The van der Waals surface area contributed by atoms with E-state index in [2.05, 4.69) is 5.32 Å². The van der Waals surface area contributed by atoms with E-state index >= 15 is 0 Å². The quantitative estimate of drug-likeness (QED) is 0.507. The number of ether oxygens (including phenoxy) is 1. The largest absolute Gasteiger partial charge is 0.465 e. The second kappa shape index (κ2) is 7.55. The van der Waals surface area contributed by atoms with Crippen LogP contribution in [0.5, 0.6) is 0 Å². The van der Waals surface area contributed by atoms with E-state index in [0.29, 0.717) is 19.4 Å².